The van der Waals surface area contributed by atoms with E-state index < -0.39 is 47.7 Å². The number of imide groups is 1. The van der Waals surface area contributed by atoms with Gasteiger partial charge in [-0.1, -0.05) is 24.3 Å². The summed E-state index contributed by atoms with van der Waals surface area (Å²) < 4.78 is 12.1. The maximum Gasteiger partial charge on any atom is 0.487 e. The standard InChI is InChI=1S/C31H29BN2O8/c1-17-11-19(12-18(2)29(17)35)26-15-24-27-25(30(36)33(31(27)37)21-7-6-8-22(14-21)34(39)40)13-20(28(24)32(38)42-26)16-41-23-9-4-3-5-10-23/h3-12,14,24-27,35,38H,13,15-16H2,1-2H3/t24-,25-,26-,27+/m0/s1. The van der Waals surface area contributed by atoms with E-state index in [-0.39, 0.29) is 30.2 Å². The van der Waals surface area contributed by atoms with E-state index in [0.29, 0.717) is 34.3 Å². The van der Waals surface area contributed by atoms with Crippen LogP contribution in [0, 0.1) is 41.7 Å². The number of rotatable bonds is 6. The number of fused-ring (bicyclic) bond motifs is 3. The van der Waals surface area contributed by atoms with Gasteiger partial charge in [-0.2, -0.15) is 0 Å². The second-order valence-corrected chi connectivity index (χ2v) is 11.1. The van der Waals surface area contributed by atoms with E-state index >= 15 is 0 Å². The highest BCUT2D eigenvalue weighted by Gasteiger charge is 2.58. The molecule has 3 aliphatic rings. The smallest absolute Gasteiger partial charge is 0.487 e. The van der Waals surface area contributed by atoms with Gasteiger partial charge in [0.2, 0.25) is 11.8 Å². The molecular weight excluding hydrogens is 539 g/mol. The Kier molecular flexibility index (Phi) is 7.08. The second kappa shape index (κ2) is 10.7. The molecule has 0 unspecified atom stereocenters. The van der Waals surface area contributed by atoms with Crippen LogP contribution < -0.4 is 9.64 Å². The molecule has 2 heterocycles. The molecule has 2 fully saturated rings. The number of phenolic OH excluding ortho intramolecular Hbond substituents is 1. The first-order chi connectivity index (χ1) is 20.1. The van der Waals surface area contributed by atoms with Crippen molar-refractivity contribution in [3.8, 4) is 11.5 Å². The van der Waals surface area contributed by atoms with Gasteiger partial charge in [0.05, 0.1) is 28.6 Å². The zero-order valence-electron chi connectivity index (χ0n) is 23.1. The SMILES string of the molecule is Cc1cc([C@@H]2C[C@@H]3C(=C(COc4ccccc4)C[C@@H]4C(=O)N(c5cccc([N+](=O)[O-])c5)C(=O)[C@@H]43)B(O)O2)cc(C)c1O. The molecule has 0 aromatic heterocycles. The fourth-order valence-corrected chi connectivity index (χ4v) is 6.62. The van der Waals surface area contributed by atoms with E-state index in [1.807, 2.05) is 30.3 Å². The van der Waals surface area contributed by atoms with Crippen molar-refractivity contribution in [3.05, 3.63) is 105 Å². The minimum Gasteiger partial charge on any atom is -0.507 e. The zero-order chi connectivity index (χ0) is 29.7. The molecule has 0 radical (unpaired) electrons. The van der Waals surface area contributed by atoms with Crippen LogP contribution in [0.25, 0.3) is 0 Å². The number of aryl methyl sites for hydroxylation is 2. The molecule has 3 aromatic carbocycles. The molecule has 42 heavy (non-hydrogen) atoms. The number of carbonyl (C=O) groups excluding carboxylic acids is 2. The number of amides is 2. The van der Waals surface area contributed by atoms with Crippen LogP contribution in [0.15, 0.2) is 77.8 Å². The fourth-order valence-electron chi connectivity index (χ4n) is 6.62. The summed E-state index contributed by atoms with van der Waals surface area (Å²) in [6.07, 6.45) is -0.105. The molecule has 0 bridgehead atoms. The lowest BCUT2D eigenvalue weighted by molar-refractivity contribution is -0.384. The molecule has 4 atom stereocenters. The largest absolute Gasteiger partial charge is 0.507 e. The summed E-state index contributed by atoms with van der Waals surface area (Å²) in [5, 5.41) is 33.1. The first-order valence-electron chi connectivity index (χ1n) is 13.8. The Hall–Kier alpha value is -4.48. The molecule has 6 rings (SSSR count). The number of carbonyl (C=O) groups is 2. The summed E-state index contributed by atoms with van der Waals surface area (Å²) in [6, 6.07) is 18.3. The van der Waals surface area contributed by atoms with Gasteiger partial charge in [0.15, 0.2) is 0 Å². The Morgan fingerprint density at radius 2 is 1.74 bits per heavy atom. The first-order valence-corrected chi connectivity index (χ1v) is 13.8. The molecule has 2 amide bonds. The monoisotopic (exact) mass is 568 g/mol. The van der Waals surface area contributed by atoms with Crippen LogP contribution in [-0.4, -0.2) is 40.6 Å². The molecule has 2 aliphatic heterocycles. The van der Waals surface area contributed by atoms with Crippen LogP contribution in [0.1, 0.15) is 35.6 Å². The van der Waals surface area contributed by atoms with Gasteiger partial charge in [0.25, 0.3) is 5.69 Å². The lowest BCUT2D eigenvalue weighted by Gasteiger charge is -2.42. The molecule has 3 aromatic rings. The molecule has 2 N–H and O–H groups in total. The normalized spacial score (nSPS) is 23.6. The van der Waals surface area contributed by atoms with Gasteiger partial charge in [-0.15, -0.1) is 0 Å². The van der Waals surface area contributed by atoms with Gasteiger partial charge < -0.3 is 19.5 Å². The molecular formula is C31H29BN2O8. The second-order valence-electron chi connectivity index (χ2n) is 11.1. The van der Waals surface area contributed by atoms with Crippen LogP contribution in [0.3, 0.4) is 0 Å². The molecule has 10 nitrogen and oxygen atoms in total. The number of nitro groups is 1. The number of nitrogens with zero attached hydrogens (tertiary/aromatic N) is 2. The number of anilines is 1. The number of benzene rings is 3. The number of ether oxygens (including phenoxy) is 1. The van der Waals surface area contributed by atoms with Gasteiger partial charge >= 0.3 is 7.12 Å². The molecule has 214 valence electrons. The van der Waals surface area contributed by atoms with Gasteiger partial charge in [-0.05, 0) is 90.7 Å². The summed E-state index contributed by atoms with van der Waals surface area (Å²) in [5.41, 5.74) is 3.22. The maximum atomic E-state index is 14.0. The Bertz CT molecular complexity index is 1600. The van der Waals surface area contributed by atoms with Crippen molar-refractivity contribution < 1.29 is 34.0 Å². The minimum atomic E-state index is -1.34. The summed E-state index contributed by atoms with van der Waals surface area (Å²) in [7, 11) is -1.34. The number of phenols is 1. The molecule has 11 heteroatoms. The highest BCUT2D eigenvalue weighted by atomic mass is 16.6. The van der Waals surface area contributed by atoms with Crippen LogP contribution in [0.5, 0.6) is 11.5 Å². The third-order valence-electron chi connectivity index (χ3n) is 8.55. The van der Waals surface area contributed by atoms with E-state index in [9.17, 15) is 29.8 Å². The summed E-state index contributed by atoms with van der Waals surface area (Å²) in [5.74, 6) is -2.14. The van der Waals surface area contributed by atoms with Crippen LogP contribution >= 0.6 is 0 Å². The van der Waals surface area contributed by atoms with Crippen molar-refractivity contribution in [1.82, 2.24) is 0 Å². The minimum absolute atomic E-state index is 0.0971. The van der Waals surface area contributed by atoms with Crippen molar-refractivity contribution in [2.45, 2.75) is 32.8 Å². The van der Waals surface area contributed by atoms with Gasteiger partial charge in [-0.3, -0.25) is 19.7 Å². The lowest BCUT2D eigenvalue weighted by atomic mass is 9.55. The Morgan fingerprint density at radius 3 is 2.43 bits per heavy atom. The summed E-state index contributed by atoms with van der Waals surface area (Å²) >= 11 is 0. The third-order valence-corrected chi connectivity index (χ3v) is 8.55. The van der Waals surface area contributed by atoms with Gasteiger partial charge in [0.1, 0.15) is 18.1 Å². The number of hydrogen-bond donors (Lipinski definition) is 2. The van der Waals surface area contributed by atoms with Crippen molar-refractivity contribution in [1.29, 1.82) is 0 Å². The Labute approximate surface area is 242 Å². The highest BCUT2D eigenvalue weighted by Crippen LogP contribution is 2.52. The average Bonchev–Trinajstić information content (AvgIpc) is 3.23. The van der Waals surface area contributed by atoms with Crippen LogP contribution in [-0.2, 0) is 14.2 Å². The quantitative estimate of drug-likeness (QED) is 0.190. The van der Waals surface area contributed by atoms with E-state index in [1.54, 1.807) is 26.0 Å². The topological polar surface area (TPSA) is 139 Å². The number of para-hydroxylation sites is 1. The fraction of sp³-hybridized carbons (Fsp3) is 0.290. The molecule has 0 saturated carbocycles. The number of allylic oxidation sites excluding steroid dienone is 1. The number of hydrogen-bond acceptors (Lipinski definition) is 8. The van der Waals surface area contributed by atoms with E-state index in [1.165, 1.54) is 24.3 Å². The highest BCUT2D eigenvalue weighted by molar-refractivity contribution is 6.53. The van der Waals surface area contributed by atoms with E-state index in [4.69, 9.17) is 9.39 Å². The predicted molar refractivity (Wildman–Crippen MR) is 154 cm³/mol. The van der Waals surface area contributed by atoms with Crippen molar-refractivity contribution >= 4 is 30.3 Å². The molecule has 0 spiro atoms. The van der Waals surface area contributed by atoms with Crippen molar-refractivity contribution in [3.63, 3.8) is 0 Å². The zero-order valence-corrected chi connectivity index (χ0v) is 23.1. The maximum absolute atomic E-state index is 14.0. The molecule has 1 aliphatic carbocycles. The Balaban J connectivity index is 1.40. The number of nitro benzene ring substituents is 1. The Morgan fingerprint density at radius 1 is 1.02 bits per heavy atom. The predicted octanol–water partition coefficient (Wildman–Crippen LogP) is 4.60. The van der Waals surface area contributed by atoms with E-state index in [0.717, 1.165) is 10.5 Å². The summed E-state index contributed by atoms with van der Waals surface area (Å²) in [6.45, 7) is 3.66. The van der Waals surface area contributed by atoms with Gasteiger partial charge in [-0.25, -0.2) is 4.90 Å². The van der Waals surface area contributed by atoms with E-state index in [2.05, 4.69) is 0 Å². The van der Waals surface area contributed by atoms with Crippen molar-refractivity contribution in [2.75, 3.05) is 11.5 Å². The third kappa shape index (κ3) is 4.74. The first kappa shape index (κ1) is 27.7. The number of aromatic hydroxyl groups is 1. The number of non-ortho nitro benzene ring substituents is 1. The molecule has 2 saturated heterocycles. The summed E-state index contributed by atoms with van der Waals surface area (Å²) in [4.78, 5) is 39.7. The van der Waals surface area contributed by atoms with Crippen LogP contribution in [0.4, 0.5) is 11.4 Å². The van der Waals surface area contributed by atoms with Gasteiger partial charge in [0, 0.05) is 12.1 Å². The van der Waals surface area contributed by atoms with Crippen molar-refractivity contribution in [2.24, 2.45) is 17.8 Å². The average molecular weight is 568 g/mol. The van der Waals surface area contributed by atoms with Crippen LogP contribution in [0.2, 0.25) is 0 Å². The lowest BCUT2D eigenvalue weighted by Crippen LogP contribution is -2.45.